The molecule has 1 aliphatic heterocycles. The number of hydrogen-bond donors (Lipinski definition) is 1. The van der Waals surface area contributed by atoms with Crippen LogP contribution in [0.15, 0.2) is 12.7 Å². The molecule has 1 saturated heterocycles. The minimum Gasteiger partial charge on any atom is -0.380 e. The summed E-state index contributed by atoms with van der Waals surface area (Å²) in [7, 11) is 0. The Bertz CT molecular complexity index is 419. The fourth-order valence-corrected chi connectivity index (χ4v) is 2.56. The summed E-state index contributed by atoms with van der Waals surface area (Å²) in [6.07, 6.45) is 0.212. The zero-order valence-electron chi connectivity index (χ0n) is 11.3. The topological polar surface area (TPSA) is 54.2 Å². The van der Waals surface area contributed by atoms with Gasteiger partial charge in [-0.15, -0.1) is 0 Å². The molecule has 0 radical (unpaired) electrons. The van der Waals surface area contributed by atoms with Crippen molar-refractivity contribution in [1.29, 1.82) is 0 Å². The second kappa shape index (κ2) is 5.69. The second-order valence-corrected chi connectivity index (χ2v) is 5.63. The Hall–Kier alpha value is -1.15. The van der Waals surface area contributed by atoms with Crippen molar-refractivity contribution in [2.75, 3.05) is 19.6 Å². The van der Waals surface area contributed by atoms with Crippen LogP contribution in [-0.2, 0) is 6.54 Å². The highest BCUT2D eigenvalue weighted by Gasteiger charge is 2.50. The van der Waals surface area contributed by atoms with Gasteiger partial charge in [-0.05, 0) is 32.2 Å². The van der Waals surface area contributed by atoms with Crippen LogP contribution in [0.5, 0.6) is 0 Å². The Kier molecular flexibility index (Phi) is 4.33. The summed E-state index contributed by atoms with van der Waals surface area (Å²) < 4.78 is 39.8. The van der Waals surface area contributed by atoms with E-state index in [1.807, 2.05) is 0 Å². The standard InChI is InChI=1S/C12H19F3N4O/c1-11(20,12(13,14)15)7-18-4-2-3-10(5-18)6-19-9-16-8-17-19/h8-10,20H,2-7H2,1H3. The molecule has 114 valence electrons. The molecule has 5 nitrogen and oxygen atoms in total. The lowest BCUT2D eigenvalue weighted by Crippen LogP contribution is -2.53. The Morgan fingerprint density at radius 1 is 1.40 bits per heavy atom. The van der Waals surface area contributed by atoms with Crippen LogP contribution in [0.1, 0.15) is 19.8 Å². The second-order valence-electron chi connectivity index (χ2n) is 5.63. The number of aliphatic hydroxyl groups is 1. The molecule has 8 heteroatoms. The van der Waals surface area contributed by atoms with E-state index in [-0.39, 0.29) is 12.5 Å². The molecule has 0 aromatic carbocycles. The number of hydrogen-bond acceptors (Lipinski definition) is 4. The molecule has 1 aromatic rings. The van der Waals surface area contributed by atoms with Crippen molar-refractivity contribution in [3.63, 3.8) is 0 Å². The Labute approximate surface area is 115 Å². The van der Waals surface area contributed by atoms with Gasteiger partial charge in [0, 0.05) is 19.6 Å². The van der Waals surface area contributed by atoms with E-state index in [1.54, 1.807) is 15.9 Å². The number of β-amino-alcohol motifs (C(OH)–C–C–N with tert-alkyl or cyclic N) is 1. The third-order valence-electron chi connectivity index (χ3n) is 3.66. The van der Waals surface area contributed by atoms with Crippen LogP contribution in [0.2, 0.25) is 0 Å². The van der Waals surface area contributed by atoms with Crippen LogP contribution < -0.4 is 0 Å². The Morgan fingerprint density at radius 3 is 2.75 bits per heavy atom. The first-order valence-corrected chi connectivity index (χ1v) is 6.62. The molecule has 1 aliphatic rings. The summed E-state index contributed by atoms with van der Waals surface area (Å²) >= 11 is 0. The van der Waals surface area contributed by atoms with Gasteiger partial charge in [0.2, 0.25) is 0 Å². The molecule has 2 unspecified atom stereocenters. The van der Waals surface area contributed by atoms with Crippen LogP contribution in [0.3, 0.4) is 0 Å². The van der Waals surface area contributed by atoms with E-state index in [4.69, 9.17) is 0 Å². The van der Waals surface area contributed by atoms with Gasteiger partial charge >= 0.3 is 6.18 Å². The normalized spacial score (nSPS) is 24.6. The third kappa shape index (κ3) is 3.69. The van der Waals surface area contributed by atoms with Gasteiger partial charge in [0.25, 0.3) is 0 Å². The van der Waals surface area contributed by atoms with E-state index in [0.29, 0.717) is 19.6 Å². The quantitative estimate of drug-likeness (QED) is 0.909. The highest BCUT2D eigenvalue weighted by atomic mass is 19.4. The molecule has 0 bridgehead atoms. The van der Waals surface area contributed by atoms with E-state index in [1.165, 1.54) is 6.33 Å². The molecule has 0 aliphatic carbocycles. The van der Waals surface area contributed by atoms with E-state index < -0.39 is 11.8 Å². The zero-order chi connectivity index (χ0) is 14.8. The fourth-order valence-electron chi connectivity index (χ4n) is 2.56. The van der Waals surface area contributed by atoms with Gasteiger partial charge in [-0.25, -0.2) is 4.98 Å². The number of alkyl halides is 3. The first-order chi connectivity index (χ1) is 9.28. The smallest absolute Gasteiger partial charge is 0.380 e. The maximum atomic E-state index is 12.7. The Balaban J connectivity index is 1.90. The SMILES string of the molecule is CC(O)(CN1CCCC(Cn2cncn2)C1)C(F)(F)F. The van der Waals surface area contributed by atoms with Crippen molar-refractivity contribution in [3.05, 3.63) is 12.7 Å². The van der Waals surface area contributed by atoms with E-state index in [0.717, 1.165) is 19.8 Å². The van der Waals surface area contributed by atoms with Crippen molar-refractivity contribution >= 4 is 0 Å². The van der Waals surface area contributed by atoms with Gasteiger partial charge in [-0.1, -0.05) is 0 Å². The number of rotatable bonds is 4. The predicted octanol–water partition coefficient (Wildman–Crippen LogP) is 1.30. The van der Waals surface area contributed by atoms with Crippen molar-refractivity contribution in [1.82, 2.24) is 19.7 Å². The summed E-state index contributed by atoms with van der Waals surface area (Å²) in [6, 6.07) is 0. The largest absolute Gasteiger partial charge is 0.418 e. The van der Waals surface area contributed by atoms with Gasteiger partial charge in [0.05, 0.1) is 0 Å². The highest BCUT2D eigenvalue weighted by molar-refractivity contribution is 4.87. The van der Waals surface area contributed by atoms with E-state index >= 15 is 0 Å². The molecule has 2 atom stereocenters. The average Bonchev–Trinajstić information content (AvgIpc) is 2.80. The summed E-state index contributed by atoms with van der Waals surface area (Å²) in [4.78, 5) is 5.53. The molecule has 0 spiro atoms. The number of likely N-dealkylation sites (tertiary alicyclic amines) is 1. The maximum absolute atomic E-state index is 12.7. The fraction of sp³-hybridized carbons (Fsp3) is 0.833. The number of halogens is 3. The molecular weight excluding hydrogens is 273 g/mol. The van der Waals surface area contributed by atoms with Gasteiger partial charge in [0.1, 0.15) is 12.7 Å². The average molecular weight is 292 g/mol. The maximum Gasteiger partial charge on any atom is 0.418 e. The lowest BCUT2D eigenvalue weighted by Gasteiger charge is -2.37. The minimum absolute atomic E-state index is 0.231. The van der Waals surface area contributed by atoms with Gasteiger partial charge in [0.15, 0.2) is 5.60 Å². The monoisotopic (exact) mass is 292 g/mol. The van der Waals surface area contributed by atoms with Crippen molar-refractivity contribution in [3.8, 4) is 0 Å². The first kappa shape index (κ1) is 15.2. The van der Waals surface area contributed by atoms with Crippen LogP contribution in [0.4, 0.5) is 13.2 Å². The van der Waals surface area contributed by atoms with Crippen LogP contribution >= 0.6 is 0 Å². The number of piperidine rings is 1. The van der Waals surface area contributed by atoms with Crippen LogP contribution in [-0.4, -0.2) is 56.2 Å². The molecule has 20 heavy (non-hydrogen) atoms. The van der Waals surface area contributed by atoms with Gasteiger partial charge in [-0.3, -0.25) is 9.58 Å². The predicted molar refractivity (Wildman–Crippen MR) is 65.9 cm³/mol. The third-order valence-corrected chi connectivity index (χ3v) is 3.66. The lowest BCUT2D eigenvalue weighted by molar-refractivity contribution is -0.258. The molecule has 0 saturated carbocycles. The number of nitrogens with zero attached hydrogens (tertiary/aromatic N) is 4. The molecule has 0 amide bonds. The van der Waals surface area contributed by atoms with Crippen LogP contribution in [0.25, 0.3) is 0 Å². The lowest BCUT2D eigenvalue weighted by atomic mass is 9.96. The molecule has 2 rings (SSSR count). The van der Waals surface area contributed by atoms with E-state index in [9.17, 15) is 18.3 Å². The summed E-state index contributed by atoms with van der Waals surface area (Å²) in [5, 5.41) is 13.6. The van der Waals surface area contributed by atoms with E-state index in [2.05, 4.69) is 10.1 Å². The molecule has 2 heterocycles. The molecule has 1 aromatic heterocycles. The summed E-state index contributed by atoms with van der Waals surface area (Å²) in [5.41, 5.74) is -2.66. The molecule has 1 fully saturated rings. The zero-order valence-corrected chi connectivity index (χ0v) is 11.3. The molecular formula is C12H19F3N4O. The highest BCUT2D eigenvalue weighted by Crippen LogP contribution is 2.31. The summed E-state index contributed by atoms with van der Waals surface area (Å²) in [5.74, 6) is 0.231. The Morgan fingerprint density at radius 2 is 2.15 bits per heavy atom. The first-order valence-electron chi connectivity index (χ1n) is 6.62. The number of aromatic nitrogens is 3. The van der Waals surface area contributed by atoms with Gasteiger partial charge < -0.3 is 5.11 Å². The summed E-state index contributed by atoms with van der Waals surface area (Å²) in [6.45, 7) is 2.20. The van der Waals surface area contributed by atoms with Crippen molar-refractivity contribution in [2.24, 2.45) is 5.92 Å². The minimum atomic E-state index is -4.61. The molecule has 1 N–H and O–H groups in total. The van der Waals surface area contributed by atoms with Crippen LogP contribution in [0, 0.1) is 5.92 Å². The van der Waals surface area contributed by atoms with Gasteiger partial charge in [-0.2, -0.15) is 18.3 Å². The van der Waals surface area contributed by atoms with Crippen molar-refractivity contribution in [2.45, 2.75) is 38.1 Å². The van der Waals surface area contributed by atoms with Crippen molar-refractivity contribution < 1.29 is 18.3 Å².